The number of anilines is 1. The molecule has 0 atom stereocenters. The van der Waals surface area contributed by atoms with E-state index in [0.29, 0.717) is 22.2 Å². The zero-order chi connectivity index (χ0) is 22.9. The van der Waals surface area contributed by atoms with Crippen molar-refractivity contribution in [2.45, 2.75) is 19.3 Å². The summed E-state index contributed by atoms with van der Waals surface area (Å²) >= 11 is 8.09. The molecule has 0 radical (unpaired) electrons. The van der Waals surface area contributed by atoms with Crippen LogP contribution in [0.2, 0.25) is 0 Å². The molecule has 2 aromatic carbocycles. The van der Waals surface area contributed by atoms with Crippen LogP contribution in [0.15, 0.2) is 34.8 Å². The van der Waals surface area contributed by atoms with E-state index < -0.39 is 40.2 Å². The lowest BCUT2D eigenvalue weighted by molar-refractivity contribution is -0.143. The minimum Gasteiger partial charge on any atom is -0.496 e. The van der Waals surface area contributed by atoms with Gasteiger partial charge in [0, 0.05) is 10.2 Å². The fourth-order valence-electron chi connectivity index (χ4n) is 2.53. The highest BCUT2D eigenvalue weighted by Gasteiger charge is 2.37. The highest BCUT2D eigenvalue weighted by molar-refractivity contribution is 9.10. The summed E-state index contributed by atoms with van der Waals surface area (Å²) in [5, 5.41) is 3.90. The van der Waals surface area contributed by atoms with E-state index in [0.717, 1.165) is 0 Å². The summed E-state index contributed by atoms with van der Waals surface area (Å²) in [5.74, 6) is -0.534. The van der Waals surface area contributed by atoms with Gasteiger partial charge in [0.25, 0.3) is 5.91 Å². The van der Waals surface area contributed by atoms with Gasteiger partial charge < -0.3 is 10.1 Å². The molecular formula is C18H13BrF6N2O2S. The monoisotopic (exact) mass is 514 g/mol. The van der Waals surface area contributed by atoms with Gasteiger partial charge in [-0.25, -0.2) is 0 Å². The Morgan fingerprint density at radius 3 is 2.00 bits per heavy atom. The normalized spacial score (nSPS) is 11.8. The van der Waals surface area contributed by atoms with E-state index in [1.807, 2.05) is 0 Å². The van der Waals surface area contributed by atoms with Crippen molar-refractivity contribution >= 4 is 44.9 Å². The van der Waals surface area contributed by atoms with Gasteiger partial charge in [-0.05, 0) is 55.0 Å². The largest absolute Gasteiger partial charge is 0.496 e. The molecule has 0 aliphatic rings. The maximum atomic E-state index is 12.9. The highest BCUT2D eigenvalue weighted by atomic mass is 79.9. The maximum Gasteiger partial charge on any atom is 0.416 e. The van der Waals surface area contributed by atoms with E-state index in [-0.39, 0.29) is 17.4 Å². The predicted molar refractivity (Wildman–Crippen MR) is 106 cm³/mol. The molecule has 1 amide bonds. The number of carbonyl (C=O) groups is 1. The van der Waals surface area contributed by atoms with Crippen molar-refractivity contribution in [3.8, 4) is 5.75 Å². The summed E-state index contributed by atoms with van der Waals surface area (Å²) in [6.07, 6.45) is -10.0. The number of hydrogen-bond donors (Lipinski definition) is 2. The Kier molecular flexibility index (Phi) is 7.02. The van der Waals surface area contributed by atoms with E-state index in [9.17, 15) is 31.1 Å². The van der Waals surface area contributed by atoms with Crippen molar-refractivity contribution < 1.29 is 35.9 Å². The summed E-state index contributed by atoms with van der Waals surface area (Å²) in [5.41, 5.74) is -2.94. The van der Waals surface area contributed by atoms with Gasteiger partial charge in [0.1, 0.15) is 5.75 Å². The van der Waals surface area contributed by atoms with Crippen LogP contribution in [0.25, 0.3) is 0 Å². The third kappa shape index (κ3) is 5.85. The van der Waals surface area contributed by atoms with Crippen molar-refractivity contribution in [1.82, 2.24) is 5.32 Å². The van der Waals surface area contributed by atoms with Gasteiger partial charge in [-0.1, -0.05) is 15.9 Å². The van der Waals surface area contributed by atoms with Crippen LogP contribution in [0.4, 0.5) is 32.0 Å². The summed E-state index contributed by atoms with van der Waals surface area (Å²) in [6.45, 7) is 1.68. The topological polar surface area (TPSA) is 50.4 Å². The number of carbonyl (C=O) groups excluding carboxylic acids is 1. The maximum absolute atomic E-state index is 12.9. The molecule has 0 heterocycles. The molecule has 0 bridgehead atoms. The molecule has 0 fully saturated rings. The number of halogens is 7. The summed E-state index contributed by atoms with van der Waals surface area (Å²) in [7, 11) is 1.34. The first-order valence-corrected chi connectivity index (χ1v) is 9.18. The van der Waals surface area contributed by atoms with Crippen LogP contribution in [0.5, 0.6) is 5.75 Å². The highest BCUT2D eigenvalue weighted by Crippen LogP contribution is 2.37. The molecule has 0 aromatic heterocycles. The number of amides is 1. The number of ether oxygens (including phenoxy) is 1. The molecular weight excluding hydrogens is 502 g/mol. The molecule has 0 aliphatic carbocycles. The van der Waals surface area contributed by atoms with Crippen LogP contribution in [0.1, 0.15) is 27.0 Å². The van der Waals surface area contributed by atoms with Crippen LogP contribution in [-0.2, 0) is 12.4 Å². The van der Waals surface area contributed by atoms with E-state index >= 15 is 0 Å². The van der Waals surface area contributed by atoms with Crippen molar-refractivity contribution in [1.29, 1.82) is 0 Å². The minimum atomic E-state index is -5.01. The lowest BCUT2D eigenvalue weighted by Crippen LogP contribution is -2.34. The molecule has 2 aromatic rings. The fourth-order valence-corrected chi connectivity index (χ4v) is 3.31. The molecule has 2 rings (SSSR count). The number of aryl methyl sites for hydroxylation is 1. The van der Waals surface area contributed by atoms with Crippen LogP contribution in [0, 0.1) is 6.92 Å². The van der Waals surface area contributed by atoms with E-state index in [1.165, 1.54) is 13.2 Å². The van der Waals surface area contributed by atoms with Gasteiger partial charge in [-0.2, -0.15) is 26.3 Å². The molecule has 0 spiro atoms. The number of alkyl halides is 6. The van der Waals surface area contributed by atoms with Crippen LogP contribution in [0.3, 0.4) is 0 Å². The van der Waals surface area contributed by atoms with Crippen LogP contribution in [-0.4, -0.2) is 18.1 Å². The lowest BCUT2D eigenvalue weighted by Gasteiger charge is -2.16. The van der Waals surface area contributed by atoms with Crippen molar-refractivity contribution in [2.75, 3.05) is 12.4 Å². The Labute approximate surface area is 180 Å². The molecule has 12 heteroatoms. The van der Waals surface area contributed by atoms with Gasteiger partial charge in [0.05, 0.1) is 23.8 Å². The average Bonchev–Trinajstić information content (AvgIpc) is 2.59. The van der Waals surface area contributed by atoms with Gasteiger partial charge in [0.2, 0.25) is 0 Å². The predicted octanol–water partition coefficient (Wildman–Crippen LogP) is 5.93. The Morgan fingerprint density at radius 2 is 1.53 bits per heavy atom. The van der Waals surface area contributed by atoms with Crippen molar-refractivity contribution in [3.05, 3.63) is 57.1 Å². The van der Waals surface area contributed by atoms with Gasteiger partial charge in [-0.15, -0.1) is 0 Å². The summed E-state index contributed by atoms with van der Waals surface area (Å²) < 4.78 is 83.4. The third-order valence-corrected chi connectivity index (χ3v) is 4.42. The second-order valence-electron chi connectivity index (χ2n) is 6.01. The number of nitrogens with one attached hydrogen (secondary N) is 2. The number of thiocarbonyl (C=S) groups is 1. The smallest absolute Gasteiger partial charge is 0.416 e. The molecule has 4 nitrogen and oxygen atoms in total. The second-order valence-corrected chi connectivity index (χ2v) is 7.33. The zero-order valence-corrected chi connectivity index (χ0v) is 17.7. The van der Waals surface area contributed by atoms with E-state index in [2.05, 4.69) is 26.6 Å². The standard InChI is InChI=1S/C18H13BrF6N2O2S/c1-8-3-11(19)7-13(14(8)29-2)15(28)27-16(30)26-12-5-9(17(20,21)22)4-10(6-12)18(23,24)25/h3-7H,1-2H3,(H2,26,27,28,30). The summed E-state index contributed by atoms with van der Waals surface area (Å²) in [6, 6.07) is 4.01. The van der Waals surface area contributed by atoms with Gasteiger partial charge in [0.15, 0.2) is 5.11 Å². The molecule has 0 saturated heterocycles. The first-order chi connectivity index (χ1) is 13.7. The minimum absolute atomic E-state index is 0.0120. The number of benzene rings is 2. The average molecular weight is 515 g/mol. The number of methoxy groups -OCH3 is 1. The first kappa shape index (κ1) is 23.9. The fraction of sp³-hybridized carbons (Fsp3) is 0.222. The Bertz CT molecular complexity index is 960. The first-order valence-electron chi connectivity index (χ1n) is 7.98. The quantitative estimate of drug-likeness (QED) is 0.393. The van der Waals surface area contributed by atoms with E-state index in [1.54, 1.807) is 13.0 Å². The molecule has 30 heavy (non-hydrogen) atoms. The SMILES string of the molecule is COc1c(C)cc(Br)cc1C(=O)NC(=S)Nc1cc(C(F)(F)F)cc(C(F)(F)F)c1. The van der Waals surface area contributed by atoms with E-state index in [4.69, 9.17) is 17.0 Å². The molecule has 0 unspecified atom stereocenters. The Morgan fingerprint density at radius 1 is 1.00 bits per heavy atom. The van der Waals surface area contributed by atoms with Gasteiger partial charge >= 0.3 is 12.4 Å². The van der Waals surface area contributed by atoms with Crippen LogP contribution < -0.4 is 15.4 Å². The number of rotatable bonds is 3. The van der Waals surface area contributed by atoms with Crippen LogP contribution >= 0.6 is 28.1 Å². The Hall–Kier alpha value is -2.34. The molecule has 0 saturated carbocycles. The Balaban J connectivity index is 2.30. The van der Waals surface area contributed by atoms with Gasteiger partial charge in [-0.3, -0.25) is 10.1 Å². The summed E-state index contributed by atoms with van der Waals surface area (Å²) in [4.78, 5) is 12.5. The lowest BCUT2D eigenvalue weighted by atomic mass is 10.1. The molecule has 0 aliphatic heterocycles. The van der Waals surface area contributed by atoms with Crippen molar-refractivity contribution in [3.63, 3.8) is 0 Å². The molecule has 2 N–H and O–H groups in total. The van der Waals surface area contributed by atoms with Crippen molar-refractivity contribution in [2.24, 2.45) is 0 Å². The third-order valence-electron chi connectivity index (χ3n) is 3.76. The zero-order valence-electron chi connectivity index (χ0n) is 15.3. The number of hydrogen-bond acceptors (Lipinski definition) is 3. The second kappa shape index (κ2) is 8.80. The molecule has 162 valence electrons.